The number of benzene rings is 1. The van der Waals surface area contributed by atoms with E-state index in [2.05, 4.69) is 9.88 Å². The van der Waals surface area contributed by atoms with Gasteiger partial charge in [-0.3, -0.25) is 4.90 Å². The number of piperidine rings is 1. The summed E-state index contributed by atoms with van der Waals surface area (Å²) < 4.78 is 11.4. The molecule has 2 atom stereocenters. The first-order valence-corrected chi connectivity index (χ1v) is 7.77. The van der Waals surface area contributed by atoms with Crippen LogP contribution in [-0.2, 0) is 11.3 Å². The van der Waals surface area contributed by atoms with Gasteiger partial charge in [0.05, 0.1) is 18.8 Å². The summed E-state index contributed by atoms with van der Waals surface area (Å²) in [5.74, 6) is 1.56. The quantitative estimate of drug-likeness (QED) is 0.918. The predicted octanol–water partition coefficient (Wildman–Crippen LogP) is 2.28. The second-order valence-corrected chi connectivity index (χ2v) is 5.73. The molecule has 22 heavy (non-hydrogen) atoms. The minimum atomic E-state index is 0.314. The van der Waals surface area contributed by atoms with Gasteiger partial charge in [0.2, 0.25) is 5.89 Å². The van der Waals surface area contributed by atoms with Crippen molar-refractivity contribution in [1.82, 2.24) is 9.88 Å². The van der Waals surface area contributed by atoms with E-state index in [1.165, 1.54) is 0 Å². The molecule has 2 heterocycles. The molecule has 0 radical (unpaired) electrons. The number of nitrogens with two attached hydrogens (primary N) is 1. The van der Waals surface area contributed by atoms with Crippen LogP contribution in [0.4, 0.5) is 0 Å². The molecule has 3 rings (SSSR count). The lowest BCUT2D eigenvalue weighted by Crippen LogP contribution is -2.48. The van der Waals surface area contributed by atoms with Crippen LogP contribution in [0.3, 0.4) is 0 Å². The summed E-state index contributed by atoms with van der Waals surface area (Å²) in [6, 6.07) is 10.4. The molecule has 2 unspecified atom stereocenters. The third-order valence-corrected chi connectivity index (χ3v) is 4.35. The van der Waals surface area contributed by atoms with Crippen LogP contribution < -0.4 is 5.73 Å². The first kappa shape index (κ1) is 15.2. The molecular weight excluding hydrogens is 278 g/mol. The Morgan fingerprint density at radius 1 is 1.36 bits per heavy atom. The molecule has 5 heteroatoms. The van der Waals surface area contributed by atoms with Crippen LogP contribution in [0, 0.1) is 0 Å². The van der Waals surface area contributed by atoms with E-state index in [0.29, 0.717) is 25.2 Å². The summed E-state index contributed by atoms with van der Waals surface area (Å²) >= 11 is 0. The highest BCUT2D eigenvalue weighted by atomic mass is 16.5. The predicted molar refractivity (Wildman–Crippen MR) is 85.2 cm³/mol. The Labute approximate surface area is 131 Å². The topological polar surface area (TPSA) is 64.5 Å². The Kier molecular flexibility index (Phi) is 4.87. The highest BCUT2D eigenvalue weighted by molar-refractivity contribution is 5.55. The van der Waals surface area contributed by atoms with Gasteiger partial charge >= 0.3 is 0 Å². The largest absolute Gasteiger partial charge is 0.439 e. The van der Waals surface area contributed by atoms with E-state index in [1.807, 2.05) is 30.3 Å². The molecule has 1 aliphatic heterocycles. The molecule has 0 aliphatic carbocycles. The number of ether oxygens (including phenoxy) is 1. The van der Waals surface area contributed by atoms with Crippen LogP contribution in [0.1, 0.15) is 18.7 Å². The number of hydrogen-bond acceptors (Lipinski definition) is 5. The molecule has 2 N–H and O–H groups in total. The summed E-state index contributed by atoms with van der Waals surface area (Å²) in [4.78, 5) is 6.76. The van der Waals surface area contributed by atoms with Gasteiger partial charge in [-0.1, -0.05) is 30.3 Å². The highest BCUT2D eigenvalue weighted by Gasteiger charge is 2.28. The Morgan fingerprint density at radius 3 is 2.91 bits per heavy atom. The van der Waals surface area contributed by atoms with Gasteiger partial charge in [0.1, 0.15) is 0 Å². The van der Waals surface area contributed by atoms with E-state index in [4.69, 9.17) is 14.9 Å². The number of likely N-dealkylation sites (tertiary alicyclic amines) is 1. The van der Waals surface area contributed by atoms with Gasteiger partial charge in [0.15, 0.2) is 5.76 Å². The molecule has 1 fully saturated rings. The lowest BCUT2D eigenvalue weighted by molar-refractivity contribution is 0.00743. The third kappa shape index (κ3) is 3.38. The highest BCUT2D eigenvalue weighted by Crippen LogP contribution is 2.24. The fourth-order valence-electron chi connectivity index (χ4n) is 3.02. The molecule has 1 aromatic carbocycles. The fourth-order valence-corrected chi connectivity index (χ4v) is 3.02. The van der Waals surface area contributed by atoms with Gasteiger partial charge < -0.3 is 14.9 Å². The van der Waals surface area contributed by atoms with Crippen LogP contribution in [-0.4, -0.2) is 42.2 Å². The van der Waals surface area contributed by atoms with Crippen LogP contribution in [0.2, 0.25) is 0 Å². The Hall–Kier alpha value is -1.69. The SMILES string of the molecule is COC1CCN(Cc2ncc(-c3ccccc3)o2)C(CN)C1. The van der Waals surface area contributed by atoms with E-state index in [0.717, 1.165) is 36.6 Å². The summed E-state index contributed by atoms with van der Waals surface area (Å²) in [6.07, 6.45) is 4.11. The number of oxazole rings is 1. The van der Waals surface area contributed by atoms with Crippen LogP contribution in [0.15, 0.2) is 40.9 Å². The number of nitrogens with zero attached hydrogens (tertiary/aromatic N) is 2. The standard InChI is InChI=1S/C17H23N3O2/c1-21-15-7-8-20(14(9-15)10-18)12-17-19-11-16(22-17)13-5-3-2-4-6-13/h2-6,11,14-15H,7-10,12,18H2,1H3. The van der Waals surface area contributed by atoms with Crippen molar-refractivity contribution in [2.45, 2.75) is 31.5 Å². The van der Waals surface area contributed by atoms with Crippen molar-refractivity contribution >= 4 is 0 Å². The maximum absolute atomic E-state index is 5.91. The fraction of sp³-hybridized carbons (Fsp3) is 0.471. The number of rotatable bonds is 5. The van der Waals surface area contributed by atoms with Crippen molar-refractivity contribution in [2.24, 2.45) is 5.73 Å². The van der Waals surface area contributed by atoms with Crippen LogP contribution in [0.25, 0.3) is 11.3 Å². The van der Waals surface area contributed by atoms with Gasteiger partial charge in [-0.2, -0.15) is 0 Å². The lowest BCUT2D eigenvalue weighted by Gasteiger charge is -2.37. The van der Waals surface area contributed by atoms with E-state index >= 15 is 0 Å². The van der Waals surface area contributed by atoms with E-state index in [1.54, 1.807) is 13.3 Å². The lowest BCUT2D eigenvalue weighted by atomic mass is 9.99. The zero-order chi connectivity index (χ0) is 15.4. The summed E-state index contributed by atoms with van der Waals surface area (Å²) in [6.45, 7) is 2.29. The Morgan fingerprint density at radius 2 is 2.18 bits per heavy atom. The van der Waals surface area contributed by atoms with Crippen molar-refractivity contribution in [3.8, 4) is 11.3 Å². The normalized spacial score (nSPS) is 22.8. The molecular formula is C17H23N3O2. The van der Waals surface area contributed by atoms with E-state index < -0.39 is 0 Å². The zero-order valence-electron chi connectivity index (χ0n) is 12.9. The Bertz CT molecular complexity index is 585. The van der Waals surface area contributed by atoms with Gasteiger partial charge in [-0.05, 0) is 12.8 Å². The van der Waals surface area contributed by atoms with Crippen LogP contribution in [0.5, 0.6) is 0 Å². The molecule has 1 aliphatic rings. The molecule has 0 amide bonds. The molecule has 5 nitrogen and oxygen atoms in total. The smallest absolute Gasteiger partial charge is 0.209 e. The third-order valence-electron chi connectivity index (χ3n) is 4.35. The molecule has 2 aromatic rings. The molecule has 0 spiro atoms. The maximum Gasteiger partial charge on any atom is 0.209 e. The van der Waals surface area contributed by atoms with Crippen molar-refractivity contribution in [1.29, 1.82) is 0 Å². The molecule has 0 saturated carbocycles. The molecule has 1 saturated heterocycles. The summed E-state index contributed by atoms with van der Waals surface area (Å²) in [5, 5.41) is 0. The van der Waals surface area contributed by atoms with E-state index in [9.17, 15) is 0 Å². The van der Waals surface area contributed by atoms with Gasteiger partial charge in [0.25, 0.3) is 0 Å². The van der Waals surface area contributed by atoms with Crippen LogP contribution >= 0.6 is 0 Å². The Balaban J connectivity index is 1.67. The second kappa shape index (κ2) is 7.05. The molecule has 0 bridgehead atoms. The first-order chi connectivity index (χ1) is 10.8. The second-order valence-electron chi connectivity index (χ2n) is 5.73. The summed E-state index contributed by atoms with van der Waals surface area (Å²) in [7, 11) is 1.77. The van der Waals surface area contributed by atoms with E-state index in [-0.39, 0.29) is 0 Å². The van der Waals surface area contributed by atoms with Crippen molar-refractivity contribution < 1.29 is 9.15 Å². The first-order valence-electron chi connectivity index (χ1n) is 7.77. The van der Waals surface area contributed by atoms with Gasteiger partial charge in [-0.25, -0.2) is 4.98 Å². The summed E-state index contributed by atoms with van der Waals surface area (Å²) in [5.41, 5.74) is 6.96. The molecule has 118 valence electrons. The van der Waals surface area contributed by atoms with Crippen molar-refractivity contribution in [3.05, 3.63) is 42.4 Å². The average Bonchev–Trinajstić information content (AvgIpc) is 3.04. The van der Waals surface area contributed by atoms with Gasteiger partial charge in [-0.15, -0.1) is 0 Å². The van der Waals surface area contributed by atoms with Gasteiger partial charge in [0, 0.05) is 31.8 Å². The average molecular weight is 301 g/mol. The maximum atomic E-state index is 5.91. The zero-order valence-corrected chi connectivity index (χ0v) is 12.9. The number of methoxy groups -OCH3 is 1. The minimum Gasteiger partial charge on any atom is -0.439 e. The number of aromatic nitrogens is 1. The molecule has 1 aromatic heterocycles. The minimum absolute atomic E-state index is 0.314. The number of hydrogen-bond donors (Lipinski definition) is 1. The van der Waals surface area contributed by atoms with Crippen molar-refractivity contribution in [2.75, 3.05) is 20.2 Å². The monoisotopic (exact) mass is 301 g/mol. The van der Waals surface area contributed by atoms with Crippen molar-refractivity contribution in [3.63, 3.8) is 0 Å².